The van der Waals surface area contributed by atoms with Crippen molar-refractivity contribution in [2.45, 2.75) is 69.9 Å². The van der Waals surface area contributed by atoms with Gasteiger partial charge in [0.2, 0.25) is 5.91 Å². The molecule has 1 aromatic rings. The number of hydrogen-bond donors (Lipinski definition) is 2. The second-order valence-electron chi connectivity index (χ2n) is 6.24. The van der Waals surface area contributed by atoms with E-state index in [2.05, 4.69) is 31.3 Å². The van der Waals surface area contributed by atoms with Crippen molar-refractivity contribution in [1.29, 1.82) is 0 Å². The van der Waals surface area contributed by atoms with Crippen LogP contribution in [0.4, 0.5) is 0 Å². The molecule has 0 unspecified atom stereocenters. The SMILES string of the molecule is CCC(CC)(C(=O)NC1CCC(N)CC1)c1ccccc1. The number of benzene rings is 1. The van der Waals surface area contributed by atoms with Crippen molar-refractivity contribution >= 4 is 5.91 Å². The summed E-state index contributed by atoms with van der Waals surface area (Å²) in [7, 11) is 0. The monoisotopic (exact) mass is 288 g/mol. The Kier molecular flexibility index (Phi) is 5.40. The summed E-state index contributed by atoms with van der Waals surface area (Å²) >= 11 is 0. The van der Waals surface area contributed by atoms with Gasteiger partial charge in [0.1, 0.15) is 0 Å². The minimum Gasteiger partial charge on any atom is -0.353 e. The fourth-order valence-corrected chi connectivity index (χ4v) is 3.45. The van der Waals surface area contributed by atoms with Crippen molar-refractivity contribution < 1.29 is 4.79 Å². The van der Waals surface area contributed by atoms with Crippen LogP contribution in [-0.2, 0) is 10.2 Å². The van der Waals surface area contributed by atoms with Gasteiger partial charge in [0.05, 0.1) is 5.41 Å². The number of nitrogens with two attached hydrogens (primary N) is 1. The fourth-order valence-electron chi connectivity index (χ4n) is 3.45. The fraction of sp³-hybridized carbons (Fsp3) is 0.611. The molecular formula is C18H28N2O. The van der Waals surface area contributed by atoms with Crippen LogP contribution < -0.4 is 11.1 Å². The Morgan fingerprint density at radius 1 is 1.14 bits per heavy atom. The highest BCUT2D eigenvalue weighted by Crippen LogP contribution is 2.32. The molecule has 2 rings (SSSR count). The van der Waals surface area contributed by atoms with Crippen LogP contribution in [0.1, 0.15) is 57.9 Å². The molecule has 3 N–H and O–H groups in total. The van der Waals surface area contributed by atoms with Crippen molar-refractivity contribution in [3.63, 3.8) is 0 Å². The Bertz CT molecular complexity index is 446. The molecule has 0 aliphatic heterocycles. The molecular weight excluding hydrogens is 260 g/mol. The standard InChI is InChI=1S/C18H28N2O/c1-3-18(4-2,14-8-6-5-7-9-14)17(21)20-16-12-10-15(19)11-13-16/h5-9,15-16H,3-4,10-13,19H2,1-2H3,(H,20,21). The molecule has 0 saturated heterocycles. The van der Waals surface area contributed by atoms with Crippen LogP contribution in [0.3, 0.4) is 0 Å². The van der Waals surface area contributed by atoms with Crippen LogP contribution in [0.25, 0.3) is 0 Å². The number of rotatable bonds is 5. The van der Waals surface area contributed by atoms with Crippen LogP contribution in [-0.4, -0.2) is 18.0 Å². The summed E-state index contributed by atoms with van der Waals surface area (Å²) in [6, 6.07) is 10.8. The summed E-state index contributed by atoms with van der Waals surface area (Å²) in [6.45, 7) is 4.21. The van der Waals surface area contributed by atoms with E-state index in [0.717, 1.165) is 44.1 Å². The predicted octanol–water partition coefficient (Wildman–Crippen LogP) is 3.13. The number of nitrogens with one attached hydrogen (secondary N) is 1. The minimum absolute atomic E-state index is 0.180. The lowest BCUT2D eigenvalue weighted by molar-refractivity contribution is -0.128. The highest BCUT2D eigenvalue weighted by Gasteiger charge is 2.37. The summed E-state index contributed by atoms with van der Waals surface area (Å²) in [4.78, 5) is 12.9. The van der Waals surface area contributed by atoms with Gasteiger partial charge in [-0.1, -0.05) is 44.2 Å². The Labute approximate surface area is 128 Å². The van der Waals surface area contributed by atoms with Crippen molar-refractivity contribution in [2.24, 2.45) is 5.73 Å². The first-order chi connectivity index (χ1) is 10.1. The minimum atomic E-state index is -0.402. The van der Waals surface area contributed by atoms with Gasteiger partial charge in [-0.3, -0.25) is 4.79 Å². The van der Waals surface area contributed by atoms with Gasteiger partial charge in [-0.15, -0.1) is 0 Å². The first-order valence-corrected chi connectivity index (χ1v) is 8.24. The molecule has 1 amide bonds. The molecule has 3 heteroatoms. The molecule has 0 radical (unpaired) electrons. The van der Waals surface area contributed by atoms with Crippen molar-refractivity contribution in [1.82, 2.24) is 5.32 Å². The normalized spacial score (nSPS) is 22.8. The molecule has 1 saturated carbocycles. The predicted molar refractivity (Wildman–Crippen MR) is 87.1 cm³/mol. The largest absolute Gasteiger partial charge is 0.353 e. The topological polar surface area (TPSA) is 55.1 Å². The molecule has 0 aromatic heterocycles. The van der Waals surface area contributed by atoms with Gasteiger partial charge in [-0.25, -0.2) is 0 Å². The van der Waals surface area contributed by atoms with Crippen molar-refractivity contribution in [3.8, 4) is 0 Å². The van der Waals surface area contributed by atoms with Gasteiger partial charge in [-0.05, 0) is 44.1 Å². The molecule has 3 nitrogen and oxygen atoms in total. The first kappa shape index (κ1) is 16.0. The van der Waals surface area contributed by atoms with E-state index in [1.54, 1.807) is 0 Å². The van der Waals surface area contributed by atoms with Crippen LogP contribution in [0.5, 0.6) is 0 Å². The maximum atomic E-state index is 12.9. The average Bonchev–Trinajstić information content (AvgIpc) is 2.52. The van der Waals surface area contributed by atoms with E-state index in [4.69, 9.17) is 5.73 Å². The van der Waals surface area contributed by atoms with E-state index in [1.165, 1.54) is 0 Å². The van der Waals surface area contributed by atoms with E-state index in [9.17, 15) is 4.79 Å². The van der Waals surface area contributed by atoms with Gasteiger partial charge in [0.15, 0.2) is 0 Å². The lowest BCUT2D eigenvalue weighted by atomic mass is 9.74. The summed E-state index contributed by atoms with van der Waals surface area (Å²) in [5.74, 6) is 0.180. The molecule has 0 heterocycles. The quantitative estimate of drug-likeness (QED) is 0.874. The molecule has 116 valence electrons. The smallest absolute Gasteiger partial charge is 0.230 e. The maximum Gasteiger partial charge on any atom is 0.230 e. The zero-order valence-electron chi connectivity index (χ0n) is 13.3. The molecule has 1 aliphatic carbocycles. The number of carbonyl (C=O) groups is 1. The maximum absolute atomic E-state index is 12.9. The van der Waals surface area contributed by atoms with Crippen LogP contribution >= 0.6 is 0 Å². The number of amides is 1. The van der Waals surface area contributed by atoms with Gasteiger partial charge in [0.25, 0.3) is 0 Å². The Hall–Kier alpha value is -1.35. The molecule has 21 heavy (non-hydrogen) atoms. The molecule has 1 aliphatic rings. The second kappa shape index (κ2) is 7.08. The van der Waals surface area contributed by atoms with Crippen LogP contribution in [0.15, 0.2) is 30.3 Å². The Morgan fingerprint density at radius 3 is 2.24 bits per heavy atom. The van der Waals surface area contributed by atoms with Gasteiger partial charge < -0.3 is 11.1 Å². The number of carbonyl (C=O) groups excluding carboxylic acids is 1. The summed E-state index contributed by atoms with van der Waals surface area (Å²) in [5, 5.41) is 3.29. The van der Waals surface area contributed by atoms with E-state index in [-0.39, 0.29) is 5.91 Å². The Morgan fingerprint density at radius 2 is 1.71 bits per heavy atom. The highest BCUT2D eigenvalue weighted by atomic mass is 16.2. The average molecular weight is 288 g/mol. The van der Waals surface area contributed by atoms with Crippen LogP contribution in [0.2, 0.25) is 0 Å². The van der Waals surface area contributed by atoms with E-state index in [0.29, 0.717) is 12.1 Å². The number of hydrogen-bond acceptors (Lipinski definition) is 2. The highest BCUT2D eigenvalue weighted by molar-refractivity contribution is 5.88. The third-order valence-corrected chi connectivity index (χ3v) is 5.08. The Balaban J connectivity index is 2.13. The lowest BCUT2D eigenvalue weighted by Crippen LogP contribution is -2.49. The molecule has 0 bridgehead atoms. The van der Waals surface area contributed by atoms with Crippen molar-refractivity contribution in [2.75, 3.05) is 0 Å². The second-order valence-corrected chi connectivity index (χ2v) is 6.24. The van der Waals surface area contributed by atoms with E-state index in [1.807, 2.05) is 18.2 Å². The zero-order chi connectivity index (χ0) is 15.3. The third kappa shape index (κ3) is 3.46. The lowest BCUT2D eigenvalue weighted by Gasteiger charge is -2.34. The van der Waals surface area contributed by atoms with Gasteiger partial charge >= 0.3 is 0 Å². The summed E-state index contributed by atoms with van der Waals surface area (Å²) < 4.78 is 0. The van der Waals surface area contributed by atoms with Crippen LogP contribution in [0, 0.1) is 0 Å². The molecule has 1 fully saturated rings. The molecule has 1 aromatic carbocycles. The molecule has 0 atom stereocenters. The van der Waals surface area contributed by atoms with E-state index < -0.39 is 5.41 Å². The van der Waals surface area contributed by atoms with E-state index >= 15 is 0 Å². The first-order valence-electron chi connectivity index (χ1n) is 8.24. The third-order valence-electron chi connectivity index (χ3n) is 5.08. The van der Waals surface area contributed by atoms with Gasteiger partial charge in [-0.2, -0.15) is 0 Å². The zero-order valence-corrected chi connectivity index (χ0v) is 13.3. The summed E-state index contributed by atoms with van der Waals surface area (Å²) in [5.41, 5.74) is 6.67. The molecule has 0 spiro atoms. The van der Waals surface area contributed by atoms with Gasteiger partial charge in [0, 0.05) is 12.1 Å². The summed E-state index contributed by atoms with van der Waals surface area (Å²) in [6.07, 6.45) is 5.69. The van der Waals surface area contributed by atoms with Crippen molar-refractivity contribution in [3.05, 3.63) is 35.9 Å².